The van der Waals surface area contributed by atoms with Gasteiger partial charge in [-0.15, -0.1) is 0 Å². The summed E-state index contributed by atoms with van der Waals surface area (Å²) in [7, 11) is 0. The quantitative estimate of drug-likeness (QED) is 0.497. The Hall–Kier alpha value is -0.610. The lowest BCUT2D eigenvalue weighted by molar-refractivity contribution is -0.154. The molecular formula is C17H34N2O2. The Morgan fingerprint density at radius 2 is 1.57 bits per heavy atom. The lowest BCUT2D eigenvalue weighted by Gasteiger charge is -2.36. The molecule has 0 bridgehead atoms. The van der Waals surface area contributed by atoms with E-state index in [2.05, 4.69) is 4.90 Å². The Morgan fingerprint density at radius 1 is 1.05 bits per heavy atom. The van der Waals surface area contributed by atoms with Crippen LogP contribution < -0.4 is 5.73 Å². The summed E-state index contributed by atoms with van der Waals surface area (Å²) in [5, 5.41) is 0. The fourth-order valence-electron chi connectivity index (χ4n) is 2.67. The van der Waals surface area contributed by atoms with Crippen LogP contribution in [0.4, 0.5) is 0 Å². The Balaban J connectivity index is 1.79. The molecule has 124 valence electrons. The molecule has 4 heteroatoms. The lowest BCUT2D eigenvalue weighted by Crippen LogP contribution is -2.55. The van der Waals surface area contributed by atoms with Crippen LogP contribution in [0.1, 0.15) is 72.1 Å². The van der Waals surface area contributed by atoms with Gasteiger partial charge in [-0.2, -0.15) is 0 Å². The van der Waals surface area contributed by atoms with E-state index < -0.39 is 0 Å². The topological polar surface area (TPSA) is 55.6 Å². The molecule has 1 heterocycles. The van der Waals surface area contributed by atoms with Crippen LogP contribution >= 0.6 is 0 Å². The third kappa shape index (κ3) is 9.86. The molecule has 4 nitrogen and oxygen atoms in total. The molecule has 0 saturated carbocycles. The van der Waals surface area contributed by atoms with Gasteiger partial charge in [-0.1, -0.05) is 32.1 Å². The van der Waals surface area contributed by atoms with E-state index in [1.165, 1.54) is 38.6 Å². The first-order valence-corrected chi connectivity index (χ1v) is 8.56. The summed E-state index contributed by atoms with van der Waals surface area (Å²) in [6.45, 7) is 9.14. The van der Waals surface area contributed by atoms with E-state index >= 15 is 0 Å². The second-order valence-electron chi connectivity index (χ2n) is 7.33. The predicted octanol–water partition coefficient (Wildman–Crippen LogP) is 3.09. The molecule has 0 aromatic carbocycles. The van der Waals surface area contributed by atoms with Crippen LogP contribution in [0.2, 0.25) is 0 Å². The van der Waals surface area contributed by atoms with Crippen LogP contribution in [0.15, 0.2) is 0 Å². The van der Waals surface area contributed by atoms with E-state index in [4.69, 9.17) is 10.5 Å². The minimum absolute atomic E-state index is 0.0599. The van der Waals surface area contributed by atoms with Crippen LogP contribution in [-0.2, 0) is 9.53 Å². The number of nitrogens with two attached hydrogens (primary N) is 1. The maximum atomic E-state index is 11.5. The number of likely N-dealkylation sites (tertiary alicyclic amines) is 1. The largest absolute Gasteiger partial charge is 0.460 e. The molecule has 1 aliphatic rings. The fourth-order valence-corrected chi connectivity index (χ4v) is 2.67. The second kappa shape index (κ2) is 9.42. The monoisotopic (exact) mass is 298 g/mol. The van der Waals surface area contributed by atoms with Crippen molar-refractivity contribution >= 4 is 5.97 Å². The zero-order valence-electron chi connectivity index (χ0n) is 14.2. The first-order valence-electron chi connectivity index (χ1n) is 8.56. The highest BCUT2D eigenvalue weighted by Crippen LogP contribution is 2.13. The molecule has 0 aromatic heterocycles. The first-order chi connectivity index (χ1) is 9.87. The van der Waals surface area contributed by atoms with Gasteiger partial charge in [0, 0.05) is 25.6 Å². The van der Waals surface area contributed by atoms with Crippen molar-refractivity contribution in [3.8, 4) is 0 Å². The summed E-state index contributed by atoms with van der Waals surface area (Å²) < 4.78 is 5.29. The van der Waals surface area contributed by atoms with Crippen molar-refractivity contribution in [2.45, 2.75) is 83.8 Å². The molecule has 1 fully saturated rings. The van der Waals surface area contributed by atoms with Gasteiger partial charge in [0.05, 0.1) is 0 Å². The van der Waals surface area contributed by atoms with Gasteiger partial charge in [0.2, 0.25) is 0 Å². The molecule has 2 N–H and O–H groups in total. The third-order valence-electron chi connectivity index (χ3n) is 3.76. The van der Waals surface area contributed by atoms with Crippen molar-refractivity contribution in [2.24, 2.45) is 5.73 Å². The summed E-state index contributed by atoms with van der Waals surface area (Å²) in [6.07, 6.45) is 9.10. The van der Waals surface area contributed by atoms with Gasteiger partial charge in [0.1, 0.15) is 5.60 Å². The maximum absolute atomic E-state index is 11.5. The van der Waals surface area contributed by atoms with Crippen LogP contribution in [0.3, 0.4) is 0 Å². The highest BCUT2D eigenvalue weighted by Gasteiger charge is 2.21. The van der Waals surface area contributed by atoms with Gasteiger partial charge in [-0.05, 0) is 40.2 Å². The number of unbranched alkanes of at least 4 members (excludes halogenated alkanes) is 6. The minimum atomic E-state index is -0.350. The summed E-state index contributed by atoms with van der Waals surface area (Å²) in [4.78, 5) is 14.0. The SMILES string of the molecule is CC(C)(C)OC(=O)CCCCCCCCCN1CC(N)C1. The molecule has 0 amide bonds. The van der Waals surface area contributed by atoms with E-state index in [0.29, 0.717) is 12.5 Å². The molecular weight excluding hydrogens is 264 g/mol. The number of hydrogen-bond donors (Lipinski definition) is 1. The summed E-state index contributed by atoms with van der Waals surface area (Å²) >= 11 is 0. The fraction of sp³-hybridized carbons (Fsp3) is 0.941. The standard InChI is InChI=1S/C17H34N2O2/c1-17(2,3)21-16(20)11-9-7-5-4-6-8-10-12-19-13-15(18)14-19/h15H,4-14,18H2,1-3H3. The molecule has 0 atom stereocenters. The molecule has 0 aromatic rings. The van der Waals surface area contributed by atoms with Crippen molar-refractivity contribution < 1.29 is 9.53 Å². The Morgan fingerprint density at radius 3 is 2.10 bits per heavy atom. The van der Waals surface area contributed by atoms with Crippen LogP contribution in [0, 0.1) is 0 Å². The van der Waals surface area contributed by atoms with E-state index in [0.717, 1.165) is 25.9 Å². The molecule has 0 spiro atoms. The predicted molar refractivity (Wildman–Crippen MR) is 87.2 cm³/mol. The van der Waals surface area contributed by atoms with E-state index in [-0.39, 0.29) is 11.6 Å². The number of carbonyl (C=O) groups is 1. The van der Waals surface area contributed by atoms with Gasteiger partial charge < -0.3 is 15.4 Å². The van der Waals surface area contributed by atoms with Crippen LogP contribution in [-0.4, -0.2) is 42.1 Å². The zero-order chi connectivity index (χ0) is 15.7. The van der Waals surface area contributed by atoms with E-state index in [1.54, 1.807) is 0 Å². The molecule has 1 aliphatic heterocycles. The minimum Gasteiger partial charge on any atom is -0.460 e. The number of carbonyl (C=O) groups excluding carboxylic acids is 1. The van der Waals surface area contributed by atoms with Crippen molar-refractivity contribution in [3.05, 3.63) is 0 Å². The summed E-state index contributed by atoms with van der Waals surface area (Å²) in [5.41, 5.74) is 5.40. The van der Waals surface area contributed by atoms with Gasteiger partial charge in [0.25, 0.3) is 0 Å². The zero-order valence-corrected chi connectivity index (χ0v) is 14.2. The number of nitrogens with zero attached hydrogens (tertiary/aromatic N) is 1. The molecule has 1 saturated heterocycles. The maximum Gasteiger partial charge on any atom is 0.306 e. The van der Waals surface area contributed by atoms with Gasteiger partial charge in [-0.3, -0.25) is 4.79 Å². The molecule has 0 aliphatic carbocycles. The van der Waals surface area contributed by atoms with Gasteiger partial charge in [-0.25, -0.2) is 0 Å². The Bertz CT molecular complexity index is 294. The third-order valence-corrected chi connectivity index (χ3v) is 3.76. The van der Waals surface area contributed by atoms with E-state index in [1.807, 2.05) is 20.8 Å². The summed E-state index contributed by atoms with van der Waals surface area (Å²) in [5.74, 6) is -0.0599. The van der Waals surface area contributed by atoms with Gasteiger partial charge in [0.15, 0.2) is 0 Å². The highest BCUT2D eigenvalue weighted by molar-refractivity contribution is 5.69. The smallest absolute Gasteiger partial charge is 0.306 e. The van der Waals surface area contributed by atoms with Crippen molar-refractivity contribution in [1.82, 2.24) is 4.90 Å². The molecule has 21 heavy (non-hydrogen) atoms. The normalized spacial score (nSPS) is 16.8. The van der Waals surface area contributed by atoms with Gasteiger partial charge >= 0.3 is 5.97 Å². The van der Waals surface area contributed by atoms with Crippen molar-refractivity contribution in [1.29, 1.82) is 0 Å². The molecule has 1 rings (SSSR count). The van der Waals surface area contributed by atoms with Crippen LogP contribution in [0.25, 0.3) is 0 Å². The summed E-state index contributed by atoms with van der Waals surface area (Å²) in [6, 6.07) is 0.426. The second-order valence-corrected chi connectivity index (χ2v) is 7.33. The number of hydrogen-bond acceptors (Lipinski definition) is 4. The van der Waals surface area contributed by atoms with Crippen LogP contribution in [0.5, 0.6) is 0 Å². The Kier molecular flexibility index (Phi) is 8.27. The molecule has 0 radical (unpaired) electrons. The average molecular weight is 298 g/mol. The first kappa shape index (κ1) is 18.4. The number of rotatable bonds is 10. The lowest BCUT2D eigenvalue weighted by atomic mass is 10.1. The van der Waals surface area contributed by atoms with E-state index in [9.17, 15) is 4.79 Å². The number of esters is 1. The highest BCUT2D eigenvalue weighted by atomic mass is 16.6. The average Bonchev–Trinajstić information content (AvgIpc) is 2.32. The Labute approximate surface area is 130 Å². The van der Waals surface area contributed by atoms with Crippen molar-refractivity contribution in [3.63, 3.8) is 0 Å². The molecule has 0 unspecified atom stereocenters. The van der Waals surface area contributed by atoms with Crippen molar-refractivity contribution in [2.75, 3.05) is 19.6 Å². The number of ether oxygens (including phenoxy) is 1.